The lowest BCUT2D eigenvalue weighted by Crippen LogP contribution is -2.41. The van der Waals surface area contributed by atoms with Crippen molar-refractivity contribution in [3.63, 3.8) is 0 Å². The van der Waals surface area contributed by atoms with Gasteiger partial charge in [-0.15, -0.1) is 0 Å². The highest BCUT2D eigenvalue weighted by Crippen LogP contribution is 2.34. The molecule has 7 heteroatoms. The van der Waals surface area contributed by atoms with E-state index in [0.29, 0.717) is 10.9 Å². The topological polar surface area (TPSA) is 63.1 Å². The molecule has 2 aliphatic rings. The van der Waals surface area contributed by atoms with E-state index in [4.69, 9.17) is 16.6 Å². The number of para-hydroxylation sites is 1. The maximum Gasteiger partial charge on any atom is 0.321 e. The fourth-order valence-electron chi connectivity index (χ4n) is 5.66. The van der Waals surface area contributed by atoms with Gasteiger partial charge in [-0.05, 0) is 67.9 Å². The van der Waals surface area contributed by atoms with Crippen molar-refractivity contribution in [2.45, 2.75) is 45.1 Å². The number of aryl methyl sites for hydroxylation is 3. The summed E-state index contributed by atoms with van der Waals surface area (Å²) >= 11 is 6.03. The second-order valence-electron chi connectivity index (χ2n) is 9.92. The molecule has 0 bridgehead atoms. The van der Waals surface area contributed by atoms with Crippen LogP contribution in [-0.4, -0.2) is 38.6 Å². The lowest BCUT2D eigenvalue weighted by Gasteiger charge is -2.32. The highest BCUT2D eigenvalue weighted by Gasteiger charge is 2.23. The molecule has 0 radical (unpaired) electrons. The Morgan fingerprint density at radius 2 is 1.94 bits per heavy atom. The van der Waals surface area contributed by atoms with E-state index in [0.717, 1.165) is 68.9 Å². The molecule has 1 N–H and O–H groups in total. The molecule has 1 fully saturated rings. The van der Waals surface area contributed by atoms with Crippen molar-refractivity contribution in [3.8, 4) is 11.3 Å². The average molecular weight is 500 g/mol. The third-order valence-electron chi connectivity index (χ3n) is 7.56. The zero-order valence-corrected chi connectivity index (χ0v) is 21.0. The minimum Gasteiger partial charge on any atom is -0.347 e. The number of benzene rings is 2. The van der Waals surface area contributed by atoms with Crippen LogP contribution in [-0.2, 0) is 19.4 Å². The number of piperidine rings is 1. The summed E-state index contributed by atoms with van der Waals surface area (Å²) in [5.74, 6) is 1.48. The number of carbonyl (C=O) groups excluding carboxylic acids is 1. The molecule has 2 amide bonds. The van der Waals surface area contributed by atoms with Crippen LogP contribution in [0.15, 0.2) is 60.9 Å². The number of hydrogen-bond donors (Lipinski definition) is 1. The third-order valence-corrected chi connectivity index (χ3v) is 7.80. The SMILES string of the molecule is O=C(Nc1cccc(Cl)c1)N1CCC(CCc2nccc(-c3cn4c5c(cccc35)CCC4)n2)CC1. The van der Waals surface area contributed by atoms with Gasteiger partial charge in [-0.3, -0.25) is 0 Å². The van der Waals surface area contributed by atoms with Crippen LogP contribution < -0.4 is 5.32 Å². The highest BCUT2D eigenvalue weighted by molar-refractivity contribution is 6.30. The zero-order chi connectivity index (χ0) is 24.5. The largest absolute Gasteiger partial charge is 0.347 e. The predicted molar refractivity (Wildman–Crippen MR) is 144 cm³/mol. The summed E-state index contributed by atoms with van der Waals surface area (Å²) < 4.78 is 2.39. The van der Waals surface area contributed by atoms with Crippen molar-refractivity contribution in [1.29, 1.82) is 0 Å². The fourth-order valence-corrected chi connectivity index (χ4v) is 5.85. The Bertz CT molecular complexity index is 1410. The van der Waals surface area contributed by atoms with E-state index in [-0.39, 0.29) is 6.03 Å². The number of nitrogens with one attached hydrogen (secondary N) is 1. The first kappa shape index (κ1) is 23.0. The molecule has 1 saturated heterocycles. The van der Waals surface area contributed by atoms with Gasteiger partial charge in [-0.25, -0.2) is 14.8 Å². The first-order valence-electron chi connectivity index (χ1n) is 12.9. The maximum absolute atomic E-state index is 12.6. The van der Waals surface area contributed by atoms with E-state index in [1.54, 1.807) is 12.1 Å². The second-order valence-corrected chi connectivity index (χ2v) is 10.4. The van der Waals surface area contributed by atoms with Gasteiger partial charge < -0.3 is 14.8 Å². The van der Waals surface area contributed by atoms with Gasteiger partial charge in [-0.1, -0.05) is 35.9 Å². The van der Waals surface area contributed by atoms with Crippen molar-refractivity contribution >= 4 is 34.2 Å². The van der Waals surface area contributed by atoms with Crippen LogP contribution in [0.1, 0.15) is 37.1 Å². The van der Waals surface area contributed by atoms with Crippen LogP contribution in [0.25, 0.3) is 22.2 Å². The van der Waals surface area contributed by atoms with Crippen molar-refractivity contribution in [2.24, 2.45) is 5.92 Å². The van der Waals surface area contributed by atoms with Crippen LogP contribution in [0.2, 0.25) is 5.02 Å². The van der Waals surface area contributed by atoms with Crippen molar-refractivity contribution in [2.75, 3.05) is 18.4 Å². The fraction of sp³-hybridized carbons (Fsp3) is 0.345. The first-order chi connectivity index (χ1) is 17.6. The second kappa shape index (κ2) is 9.94. The quantitative estimate of drug-likeness (QED) is 0.337. The Morgan fingerprint density at radius 1 is 1.08 bits per heavy atom. The molecule has 6 nitrogen and oxygen atoms in total. The Kier molecular flexibility index (Phi) is 6.36. The van der Waals surface area contributed by atoms with Crippen LogP contribution in [0, 0.1) is 5.92 Å². The standard InChI is InChI=1S/C29H30ClN5O/c30-22-6-2-7-23(18-22)32-29(36)34-16-12-20(13-17-34)9-10-27-31-14-11-26(33-27)25-19-35-15-3-5-21-4-1-8-24(25)28(21)35/h1-2,4,6-8,11,14,18-20H,3,5,9-10,12-13,15-17H2,(H,32,36). The summed E-state index contributed by atoms with van der Waals surface area (Å²) in [4.78, 5) is 24.1. The van der Waals surface area contributed by atoms with E-state index < -0.39 is 0 Å². The predicted octanol–water partition coefficient (Wildman–Crippen LogP) is 6.57. The van der Waals surface area contributed by atoms with Gasteiger partial charge in [0, 0.05) is 60.1 Å². The number of amides is 2. The van der Waals surface area contributed by atoms with Crippen LogP contribution >= 0.6 is 11.6 Å². The zero-order valence-electron chi connectivity index (χ0n) is 20.3. The number of likely N-dealkylation sites (tertiary alicyclic amines) is 1. The Labute approximate surface area is 216 Å². The maximum atomic E-state index is 12.6. The van der Waals surface area contributed by atoms with E-state index in [1.807, 2.05) is 29.3 Å². The normalized spacial score (nSPS) is 15.9. The van der Waals surface area contributed by atoms with Crippen molar-refractivity contribution < 1.29 is 4.79 Å². The number of nitrogens with zero attached hydrogens (tertiary/aromatic N) is 4. The molecule has 2 aromatic carbocycles. The van der Waals surface area contributed by atoms with Gasteiger partial charge in [0.15, 0.2) is 0 Å². The van der Waals surface area contributed by atoms with Gasteiger partial charge >= 0.3 is 6.03 Å². The Balaban J connectivity index is 1.07. The van der Waals surface area contributed by atoms with Gasteiger partial charge in [0.05, 0.1) is 11.2 Å². The molecular weight excluding hydrogens is 470 g/mol. The molecule has 2 aromatic heterocycles. The molecule has 4 heterocycles. The number of anilines is 1. The van der Waals surface area contributed by atoms with Gasteiger partial charge in [0.1, 0.15) is 5.82 Å². The minimum absolute atomic E-state index is 0.0574. The number of carbonyl (C=O) groups is 1. The molecular formula is C29H30ClN5O. The van der Waals surface area contributed by atoms with Gasteiger partial charge in [0.2, 0.25) is 0 Å². The summed E-state index contributed by atoms with van der Waals surface area (Å²) in [6.45, 7) is 2.60. The highest BCUT2D eigenvalue weighted by atomic mass is 35.5. The van der Waals surface area contributed by atoms with E-state index in [2.05, 4.69) is 39.3 Å². The lowest BCUT2D eigenvalue weighted by molar-refractivity contribution is 0.180. The Hall–Kier alpha value is -3.38. The molecule has 0 spiro atoms. The molecule has 6 rings (SSSR count). The lowest BCUT2D eigenvalue weighted by atomic mass is 9.92. The van der Waals surface area contributed by atoms with Crippen LogP contribution in [0.3, 0.4) is 0 Å². The summed E-state index contributed by atoms with van der Waals surface area (Å²) in [6.07, 6.45) is 10.4. The van der Waals surface area contributed by atoms with Crippen molar-refractivity contribution in [3.05, 3.63) is 77.3 Å². The molecule has 0 unspecified atom stereocenters. The average Bonchev–Trinajstić information content (AvgIpc) is 3.29. The summed E-state index contributed by atoms with van der Waals surface area (Å²) in [5.41, 5.74) is 5.75. The molecule has 0 saturated carbocycles. The van der Waals surface area contributed by atoms with E-state index in [9.17, 15) is 4.79 Å². The monoisotopic (exact) mass is 499 g/mol. The van der Waals surface area contributed by atoms with E-state index >= 15 is 0 Å². The van der Waals surface area contributed by atoms with Gasteiger partial charge in [0.25, 0.3) is 0 Å². The van der Waals surface area contributed by atoms with Crippen molar-refractivity contribution in [1.82, 2.24) is 19.4 Å². The number of aromatic nitrogens is 3. The van der Waals surface area contributed by atoms with E-state index in [1.165, 1.54) is 28.5 Å². The first-order valence-corrected chi connectivity index (χ1v) is 13.3. The molecule has 36 heavy (non-hydrogen) atoms. The molecule has 2 aliphatic heterocycles. The molecule has 0 atom stereocenters. The van der Waals surface area contributed by atoms with Crippen LogP contribution in [0.4, 0.5) is 10.5 Å². The number of urea groups is 1. The minimum atomic E-state index is -0.0574. The molecule has 184 valence electrons. The smallest absolute Gasteiger partial charge is 0.321 e. The number of hydrogen-bond acceptors (Lipinski definition) is 3. The summed E-state index contributed by atoms with van der Waals surface area (Å²) in [5, 5.41) is 4.86. The van der Waals surface area contributed by atoms with Gasteiger partial charge in [-0.2, -0.15) is 0 Å². The third kappa shape index (κ3) is 4.70. The number of halogens is 1. The molecule has 4 aromatic rings. The number of rotatable bonds is 5. The molecule has 0 aliphatic carbocycles. The summed E-state index contributed by atoms with van der Waals surface area (Å²) in [6, 6.07) is 15.9. The summed E-state index contributed by atoms with van der Waals surface area (Å²) in [7, 11) is 0. The Morgan fingerprint density at radius 3 is 2.81 bits per heavy atom. The van der Waals surface area contributed by atoms with Crippen LogP contribution in [0.5, 0.6) is 0 Å².